The van der Waals surface area contributed by atoms with Crippen molar-refractivity contribution >= 4 is 23.7 Å². The minimum Gasteiger partial charge on any atom is -0.336 e. The first-order chi connectivity index (χ1) is 11.8. The summed E-state index contributed by atoms with van der Waals surface area (Å²) in [4.78, 5) is 28.6. The van der Waals surface area contributed by atoms with Crippen LogP contribution < -0.4 is 5.32 Å². The third-order valence-electron chi connectivity index (χ3n) is 4.39. The zero-order valence-corrected chi connectivity index (χ0v) is 16.6. The number of hydrogen-bond acceptors (Lipinski definition) is 3. The van der Waals surface area contributed by atoms with Crippen molar-refractivity contribution < 1.29 is 9.59 Å². The fraction of sp³-hybridized carbons (Fsp3) is 0.579. The first-order valence-electron chi connectivity index (χ1n) is 8.92. The molecule has 0 aromatic heterocycles. The number of likely N-dealkylation sites (N-methyl/N-ethyl adjacent to an activating group) is 1. The van der Waals surface area contributed by atoms with Gasteiger partial charge in [0.25, 0.3) is 0 Å². The van der Waals surface area contributed by atoms with Crippen LogP contribution in [0.1, 0.15) is 44.2 Å². The molecule has 0 aliphatic carbocycles. The number of thioether (sulfide) groups is 1. The van der Waals surface area contributed by atoms with E-state index in [4.69, 9.17) is 0 Å². The topological polar surface area (TPSA) is 52.7 Å². The molecule has 1 saturated heterocycles. The summed E-state index contributed by atoms with van der Waals surface area (Å²) in [5.74, 6) is 0.151. The zero-order chi connectivity index (χ0) is 18.6. The lowest BCUT2D eigenvalue weighted by Gasteiger charge is -2.29. The van der Waals surface area contributed by atoms with Crippen molar-refractivity contribution in [2.24, 2.45) is 0 Å². The number of nitrogens with zero attached hydrogens (tertiary/aromatic N) is 2. The van der Waals surface area contributed by atoms with E-state index in [9.17, 15) is 9.59 Å². The molecule has 3 amide bonds. The first kappa shape index (κ1) is 19.6. The van der Waals surface area contributed by atoms with Crippen LogP contribution in [0.2, 0.25) is 0 Å². The third-order valence-corrected chi connectivity index (χ3v) is 5.77. The van der Waals surface area contributed by atoms with E-state index in [0.717, 1.165) is 0 Å². The highest BCUT2D eigenvalue weighted by atomic mass is 32.2. The molecule has 6 heteroatoms. The molecule has 1 aliphatic rings. The quantitative estimate of drug-likeness (QED) is 0.843. The van der Waals surface area contributed by atoms with Gasteiger partial charge < -0.3 is 15.1 Å². The van der Waals surface area contributed by atoms with Crippen LogP contribution in [0, 0.1) is 6.92 Å². The van der Waals surface area contributed by atoms with Crippen molar-refractivity contribution in [2.45, 2.75) is 51.3 Å². The van der Waals surface area contributed by atoms with Crippen LogP contribution in [0.3, 0.4) is 0 Å². The van der Waals surface area contributed by atoms with Gasteiger partial charge in [-0.1, -0.05) is 24.3 Å². The number of benzene rings is 1. The second kappa shape index (κ2) is 8.61. The minimum atomic E-state index is -0.0720. The summed E-state index contributed by atoms with van der Waals surface area (Å²) >= 11 is 1.68. The molecule has 0 unspecified atom stereocenters. The number of carbonyl (C=O) groups is 2. The maximum atomic E-state index is 12.6. The van der Waals surface area contributed by atoms with Crippen molar-refractivity contribution in [3.8, 4) is 0 Å². The number of urea groups is 1. The molecule has 1 aliphatic heterocycles. The van der Waals surface area contributed by atoms with E-state index >= 15 is 0 Å². The van der Waals surface area contributed by atoms with E-state index in [2.05, 4.69) is 24.4 Å². The molecular weight excluding hydrogens is 334 g/mol. The molecule has 25 heavy (non-hydrogen) atoms. The van der Waals surface area contributed by atoms with Gasteiger partial charge in [0.05, 0.1) is 5.25 Å². The molecule has 1 heterocycles. The summed E-state index contributed by atoms with van der Waals surface area (Å²) in [5, 5.41) is 2.89. The van der Waals surface area contributed by atoms with Crippen LogP contribution in [0.15, 0.2) is 24.3 Å². The fourth-order valence-corrected chi connectivity index (χ4v) is 4.38. The lowest BCUT2D eigenvalue weighted by Crippen LogP contribution is -2.46. The monoisotopic (exact) mass is 363 g/mol. The molecule has 5 nitrogen and oxygen atoms in total. The van der Waals surface area contributed by atoms with E-state index in [1.54, 1.807) is 16.7 Å². The molecule has 1 N–H and O–H groups in total. The number of amides is 3. The SMILES string of the molecule is CCN(CCN1C(=O)[C@H](C)S[C@@H]1c1ccccc1C)C(=O)NC(C)C. The maximum Gasteiger partial charge on any atom is 0.317 e. The predicted octanol–water partition coefficient (Wildman–Crippen LogP) is 3.40. The normalized spacial score (nSPS) is 20.2. The standard InChI is InChI=1S/C19H29N3O2S/c1-6-21(19(24)20-13(2)3)11-12-22-17(23)15(5)25-18(22)16-10-8-7-9-14(16)4/h7-10,13,15,18H,6,11-12H2,1-5H3,(H,20,24)/t15-,18+/m0/s1. The fourth-order valence-electron chi connectivity index (χ4n) is 2.98. The third kappa shape index (κ3) is 4.69. The number of carbonyl (C=O) groups excluding carboxylic acids is 2. The van der Waals surface area contributed by atoms with Crippen LogP contribution in [0.25, 0.3) is 0 Å². The molecule has 0 bridgehead atoms. The molecule has 2 rings (SSSR count). The van der Waals surface area contributed by atoms with Crippen LogP contribution in [-0.4, -0.2) is 52.7 Å². The van der Waals surface area contributed by atoms with Crippen molar-refractivity contribution in [3.05, 3.63) is 35.4 Å². The summed E-state index contributed by atoms with van der Waals surface area (Å²) < 4.78 is 0. The average molecular weight is 364 g/mol. The van der Waals surface area contributed by atoms with Gasteiger partial charge in [0.2, 0.25) is 5.91 Å². The summed E-state index contributed by atoms with van der Waals surface area (Å²) in [6, 6.07) is 8.23. The van der Waals surface area contributed by atoms with Crippen molar-refractivity contribution in [3.63, 3.8) is 0 Å². The molecule has 0 spiro atoms. The zero-order valence-electron chi connectivity index (χ0n) is 15.8. The number of aryl methyl sites for hydroxylation is 1. The minimum absolute atomic E-state index is 0.0237. The van der Waals surface area contributed by atoms with Gasteiger partial charge in [-0.25, -0.2) is 4.79 Å². The smallest absolute Gasteiger partial charge is 0.317 e. The number of nitrogens with one attached hydrogen (secondary N) is 1. The van der Waals surface area contributed by atoms with Gasteiger partial charge >= 0.3 is 6.03 Å². The van der Waals surface area contributed by atoms with Crippen LogP contribution in [-0.2, 0) is 4.79 Å². The average Bonchev–Trinajstić information content (AvgIpc) is 2.83. The van der Waals surface area contributed by atoms with Crippen molar-refractivity contribution in [1.82, 2.24) is 15.1 Å². The second-order valence-electron chi connectivity index (χ2n) is 6.70. The molecule has 1 aromatic carbocycles. The highest BCUT2D eigenvalue weighted by Gasteiger charge is 2.38. The number of hydrogen-bond donors (Lipinski definition) is 1. The lowest BCUT2D eigenvalue weighted by atomic mass is 10.1. The summed E-state index contributed by atoms with van der Waals surface area (Å²) in [6.07, 6.45) is 0. The Kier molecular flexibility index (Phi) is 6.76. The van der Waals surface area contributed by atoms with Crippen LogP contribution in [0.4, 0.5) is 4.79 Å². The van der Waals surface area contributed by atoms with Crippen LogP contribution >= 0.6 is 11.8 Å². The Bertz CT molecular complexity index is 620. The summed E-state index contributed by atoms with van der Waals surface area (Å²) in [6.45, 7) is 11.6. The van der Waals surface area contributed by atoms with Gasteiger partial charge in [0.1, 0.15) is 5.37 Å². The van der Waals surface area contributed by atoms with E-state index in [-0.39, 0.29) is 28.6 Å². The largest absolute Gasteiger partial charge is 0.336 e. The van der Waals surface area contributed by atoms with E-state index < -0.39 is 0 Å². The number of rotatable bonds is 6. The van der Waals surface area contributed by atoms with Gasteiger partial charge in [0, 0.05) is 25.7 Å². The summed E-state index contributed by atoms with van der Waals surface area (Å²) in [5.41, 5.74) is 2.37. The second-order valence-corrected chi connectivity index (χ2v) is 8.13. The van der Waals surface area contributed by atoms with Gasteiger partial charge in [-0.3, -0.25) is 4.79 Å². The molecule has 0 radical (unpaired) electrons. The molecule has 138 valence electrons. The van der Waals surface area contributed by atoms with Gasteiger partial charge in [-0.15, -0.1) is 11.8 Å². The Morgan fingerprint density at radius 1 is 1.36 bits per heavy atom. The molecular formula is C19H29N3O2S. The van der Waals surface area contributed by atoms with E-state index in [1.807, 2.05) is 44.7 Å². The Hall–Kier alpha value is -1.69. The van der Waals surface area contributed by atoms with Crippen molar-refractivity contribution in [2.75, 3.05) is 19.6 Å². The van der Waals surface area contributed by atoms with E-state index in [1.165, 1.54) is 11.1 Å². The Morgan fingerprint density at radius 3 is 2.64 bits per heavy atom. The maximum absolute atomic E-state index is 12.6. The molecule has 0 saturated carbocycles. The van der Waals surface area contributed by atoms with Crippen LogP contribution in [0.5, 0.6) is 0 Å². The van der Waals surface area contributed by atoms with Gasteiger partial charge in [-0.05, 0) is 45.7 Å². The highest BCUT2D eigenvalue weighted by molar-refractivity contribution is 8.01. The lowest BCUT2D eigenvalue weighted by molar-refractivity contribution is -0.129. The predicted molar refractivity (Wildman–Crippen MR) is 104 cm³/mol. The summed E-state index contributed by atoms with van der Waals surface area (Å²) in [7, 11) is 0. The van der Waals surface area contributed by atoms with Gasteiger partial charge in [0.15, 0.2) is 0 Å². The molecule has 1 fully saturated rings. The first-order valence-corrected chi connectivity index (χ1v) is 9.86. The molecule has 2 atom stereocenters. The Balaban J connectivity index is 2.11. The highest BCUT2D eigenvalue weighted by Crippen LogP contribution is 2.43. The van der Waals surface area contributed by atoms with Crippen molar-refractivity contribution in [1.29, 1.82) is 0 Å². The Morgan fingerprint density at radius 2 is 2.04 bits per heavy atom. The van der Waals surface area contributed by atoms with Gasteiger partial charge in [-0.2, -0.15) is 0 Å². The molecule has 1 aromatic rings. The van der Waals surface area contributed by atoms with E-state index in [0.29, 0.717) is 19.6 Å². The Labute approximate surface area is 155 Å².